The number of nitrogens with two attached hydrogens (primary N) is 1. The number of nitrogen functional groups attached to an aromatic ring is 1. The summed E-state index contributed by atoms with van der Waals surface area (Å²) >= 11 is 1.77. The Morgan fingerprint density at radius 1 is 0.950 bits per heavy atom. The molecule has 2 aromatic heterocycles. The van der Waals surface area contributed by atoms with Crippen LogP contribution in [0.1, 0.15) is 0 Å². The zero-order chi connectivity index (χ0) is 13.5. The van der Waals surface area contributed by atoms with Crippen LogP contribution in [0.3, 0.4) is 0 Å². The first kappa shape index (κ1) is 11.4. The summed E-state index contributed by atoms with van der Waals surface area (Å²) in [4.78, 5) is 4.55. The van der Waals surface area contributed by atoms with Crippen LogP contribution in [0.2, 0.25) is 0 Å². The van der Waals surface area contributed by atoms with Crippen molar-refractivity contribution in [2.75, 3.05) is 5.73 Å². The number of pyridine rings is 1. The highest BCUT2D eigenvalue weighted by Gasteiger charge is 2.11. The summed E-state index contributed by atoms with van der Waals surface area (Å²) in [6.07, 6.45) is 1.88. The molecule has 0 saturated carbocycles. The largest absolute Gasteiger partial charge is 0.399 e. The summed E-state index contributed by atoms with van der Waals surface area (Å²) in [5, 5.41) is 1.14. The fourth-order valence-electron chi connectivity index (χ4n) is 2.52. The van der Waals surface area contributed by atoms with Crippen LogP contribution in [0.5, 0.6) is 0 Å². The molecule has 3 heteroatoms. The molecule has 2 N–H and O–H groups in total. The van der Waals surface area contributed by atoms with E-state index in [1.54, 1.807) is 11.3 Å². The number of aromatic nitrogens is 1. The molecule has 2 nitrogen and oxygen atoms in total. The number of benzene rings is 2. The van der Waals surface area contributed by atoms with Crippen LogP contribution in [0.4, 0.5) is 5.69 Å². The SMILES string of the molecule is Nc1ccc2sc3c(-c4ccccc4)ccnc3c2c1. The van der Waals surface area contributed by atoms with Gasteiger partial charge >= 0.3 is 0 Å². The highest BCUT2D eigenvalue weighted by molar-refractivity contribution is 7.26. The Hall–Kier alpha value is -2.39. The maximum Gasteiger partial charge on any atom is 0.0895 e. The lowest BCUT2D eigenvalue weighted by Gasteiger charge is -2.02. The van der Waals surface area contributed by atoms with Gasteiger partial charge in [0.1, 0.15) is 0 Å². The van der Waals surface area contributed by atoms with E-state index in [0.717, 1.165) is 16.6 Å². The fraction of sp³-hybridized carbons (Fsp3) is 0. The van der Waals surface area contributed by atoms with E-state index in [0.29, 0.717) is 0 Å². The Kier molecular flexibility index (Phi) is 2.47. The molecule has 20 heavy (non-hydrogen) atoms. The van der Waals surface area contributed by atoms with Crippen LogP contribution in [0.15, 0.2) is 60.8 Å². The molecule has 0 amide bonds. The summed E-state index contributed by atoms with van der Waals surface area (Å²) in [6.45, 7) is 0. The average Bonchev–Trinajstić information content (AvgIpc) is 2.86. The third-order valence-corrected chi connectivity index (χ3v) is 4.65. The maximum absolute atomic E-state index is 5.90. The van der Waals surface area contributed by atoms with Gasteiger partial charge in [0.05, 0.1) is 10.2 Å². The molecule has 0 spiro atoms. The van der Waals surface area contributed by atoms with E-state index in [2.05, 4.69) is 41.4 Å². The van der Waals surface area contributed by atoms with Gasteiger partial charge in [0.15, 0.2) is 0 Å². The molecule has 0 aliphatic heterocycles. The van der Waals surface area contributed by atoms with Crippen LogP contribution in [0, 0.1) is 0 Å². The van der Waals surface area contributed by atoms with Gasteiger partial charge in [-0.3, -0.25) is 4.98 Å². The molecular formula is C17H12N2S. The van der Waals surface area contributed by atoms with E-state index in [9.17, 15) is 0 Å². The second-order valence-corrected chi connectivity index (χ2v) is 5.81. The van der Waals surface area contributed by atoms with Gasteiger partial charge in [0.2, 0.25) is 0 Å². The normalized spacial score (nSPS) is 11.2. The van der Waals surface area contributed by atoms with Crippen LogP contribution in [0.25, 0.3) is 31.4 Å². The van der Waals surface area contributed by atoms with Crippen molar-refractivity contribution >= 4 is 37.3 Å². The van der Waals surface area contributed by atoms with Crippen molar-refractivity contribution in [3.8, 4) is 11.1 Å². The molecule has 0 bridgehead atoms. The molecule has 4 rings (SSSR count). The lowest BCUT2D eigenvalue weighted by atomic mass is 10.1. The van der Waals surface area contributed by atoms with Crippen molar-refractivity contribution in [1.82, 2.24) is 4.98 Å². The topological polar surface area (TPSA) is 38.9 Å². The van der Waals surface area contributed by atoms with E-state index in [1.165, 1.54) is 20.5 Å². The van der Waals surface area contributed by atoms with Crippen LogP contribution in [-0.4, -0.2) is 4.98 Å². The summed E-state index contributed by atoms with van der Waals surface area (Å²) < 4.78 is 2.45. The first-order valence-corrected chi connectivity index (χ1v) is 7.27. The highest BCUT2D eigenvalue weighted by atomic mass is 32.1. The van der Waals surface area contributed by atoms with Gasteiger partial charge in [-0.15, -0.1) is 11.3 Å². The van der Waals surface area contributed by atoms with Gasteiger partial charge in [-0.1, -0.05) is 30.3 Å². The Balaban J connectivity index is 2.11. The molecule has 0 aliphatic carbocycles. The van der Waals surface area contributed by atoms with Gasteiger partial charge < -0.3 is 5.73 Å². The number of thiophene rings is 1. The maximum atomic E-state index is 5.90. The summed E-state index contributed by atoms with van der Waals surface area (Å²) in [5.74, 6) is 0. The number of anilines is 1. The molecule has 0 unspecified atom stereocenters. The second-order valence-electron chi connectivity index (χ2n) is 4.76. The molecule has 2 aromatic carbocycles. The molecule has 0 radical (unpaired) electrons. The van der Waals surface area contributed by atoms with Gasteiger partial charge in [-0.25, -0.2) is 0 Å². The molecule has 0 atom stereocenters. The van der Waals surface area contributed by atoms with Crippen LogP contribution in [-0.2, 0) is 0 Å². The number of fused-ring (bicyclic) bond motifs is 3. The van der Waals surface area contributed by atoms with Crippen molar-refractivity contribution in [1.29, 1.82) is 0 Å². The van der Waals surface area contributed by atoms with Crippen molar-refractivity contribution in [2.45, 2.75) is 0 Å². The molecular weight excluding hydrogens is 264 g/mol. The predicted molar refractivity (Wildman–Crippen MR) is 87.0 cm³/mol. The van der Waals surface area contributed by atoms with Crippen LogP contribution < -0.4 is 5.73 Å². The second kappa shape index (κ2) is 4.32. The van der Waals surface area contributed by atoms with Crippen molar-refractivity contribution < 1.29 is 0 Å². The Bertz CT molecular complexity index is 910. The van der Waals surface area contributed by atoms with E-state index in [1.807, 2.05) is 24.4 Å². The summed E-state index contributed by atoms with van der Waals surface area (Å²) in [6, 6.07) is 18.5. The third-order valence-electron chi connectivity index (χ3n) is 3.46. The number of nitrogens with zero attached hydrogens (tertiary/aromatic N) is 1. The van der Waals surface area contributed by atoms with Crippen LogP contribution >= 0.6 is 11.3 Å². The van der Waals surface area contributed by atoms with E-state index >= 15 is 0 Å². The monoisotopic (exact) mass is 276 g/mol. The third kappa shape index (κ3) is 1.67. The summed E-state index contributed by atoms with van der Waals surface area (Å²) in [5.41, 5.74) is 10.2. The average molecular weight is 276 g/mol. The Morgan fingerprint density at radius 3 is 2.65 bits per heavy atom. The van der Waals surface area contributed by atoms with Gasteiger partial charge in [-0.2, -0.15) is 0 Å². The van der Waals surface area contributed by atoms with E-state index in [-0.39, 0.29) is 0 Å². The number of rotatable bonds is 1. The van der Waals surface area contributed by atoms with Gasteiger partial charge in [-0.05, 0) is 29.8 Å². The molecule has 0 saturated heterocycles. The Morgan fingerprint density at radius 2 is 1.80 bits per heavy atom. The molecule has 0 fully saturated rings. The zero-order valence-corrected chi connectivity index (χ0v) is 11.5. The molecule has 96 valence electrons. The predicted octanol–water partition coefficient (Wildman–Crippen LogP) is 4.70. The lowest BCUT2D eigenvalue weighted by Crippen LogP contribution is -1.83. The minimum absolute atomic E-state index is 0.782. The van der Waals surface area contributed by atoms with Gasteiger partial charge in [0.25, 0.3) is 0 Å². The smallest absolute Gasteiger partial charge is 0.0895 e. The lowest BCUT2D eigenvalue weighted by molar-refractivity contribution is 1.43. The quantitative estimate of drug-likeness (QED) is 0.512. The molecule has 2 heterocycles. The number of hydrogen-bond acceptors (Lipinski definition) is 3. The number of hydrogen-bond donors (Lipinski definition) is 1. The van der Waals surface area contributed by atoms with Gasteiger partial charge in [0, 0.05) is 27.5 Å². The zero-order valence-electron chi connectivity index (χ0n) is 10.7. The molecule has 4 aromatic rings. The molecule has 0 aliphatic rings. The first-order valence-electron chi connectivity index (χ1n) is 6.45. The van der Waals surface area contributed by atoms with Crippen molar-refractivity contribution in [3.05, 3.63) is 60.8 Å². The van der Waals surface area contributed by atoms with Crippen molar-refractivity contribution in [2.24, 2.45) is 0 Å². The first-order chi connectivity index (χ1) is 9.83. The summed E-state index contributed by atoms with van der Waals surface area (Å²) in [7, 11) is 0. The standard InChI is InChI=1S/C17H12N2S/c18-12-6-7-15-14(10-12)16-17(20-15)13(8-9-19-16)11-4-2-1-3-5-11/h1-10H,18H2. The minimum Gasteiger partial charge on any atom is -0.399 e. The fourth-order valence-corrected chi connectivity index (χ4v) is 3.70. The minimum atomic E-state index is 0.782. The van der Waals surface area contributed by atoms with E-state index in [4.69, 9.17) is 5.73 Å². The highest BCUT2D eigenvalue weighted by Crippen LogP contribution is 2.39. The van der Waals surface area contributed by atoms with Crippen molar-refractivity contribution in [3.63, 3.8) is 0 Å². The Labute approximate surface area is 120 Å². The van der Waals surface area contributed by atoms with E-state index < -0.39 is 0 Å².